The molecule has 0 radical (unpaired) electrons. The molecule has 0 N–H and O–H groups in total. The Hall–Kier alpha value is -1.13. The van der Waals surface area contributed by atoms with Crippen molar-refractivity contribution in [3.8, 4) is 11.1 Å². The number of benzene rings is 2. The lowest BCUT2D eigenvalue weighted by Gasteiger charge is -2.34. The summed E-state index contributed by atoms with van der Waals surface area (Å²) < 4.78 is 0. The van der Waals surface area contributed by atoms with Crippen molar-refractivity contribution < 1.29 is 0 Å². The summed E-state index contributed by atoms with van der Waals surface area (Å²) in [6.07, 6.45) is 4.83. The van der Waals surface area contributed by atoms with Gasteiger partial charge in [-0.25, -0.2) is 0 Å². The maximum atomic E-state index is 3.10. The van der Waals surface area contributed by atoms with Crippen LogP contribution >= 0.6 is 9.24 Å². The van der Waals surface area contributed by atoms with Gasteiger partial charge < -0.3 is 0 Å². The smallest absolute Gasteiger partial charge is 0.00913 e. The summed E-state index contributed by atoms with van der Waals surface area (Å²) in [6, 6.07) is 15.6. The van der Waals surface area contributed by atoms with Crippen molar-refractivity contribution in [1.82, 2.24) is 0 Å². The molecule has 0 saturated heterocycles. The molecule has 0 aliphatic carbocycles. The third-order valence-electron chi connectivity index (χ3n) is 5.49. The number of hydrogen-bond donors (Lipinski definition) is 0. The van der Waals surface area contributed by atoms with E-state index in [9.17, 15) is 0 Å². The minimum absolute atomic E-state index is 0.162. The van der Waals surface area contributed by atoms with Crippen LogP contribution in [-0.2, 0) is 10.8 Å². The molecule has 25 heavy (non-hydrogen) atoms. The van der Waals surface area contributed by atoms with Crippen molar-refractivity contribution in [2.24, 2.45) is 0 Å². The van der Waals surface area contributed by atoms with E-state index in [2.05, 4.69) is 93.2 Å². The molecule has 2 aromatic carbocycles. The van der Waals surface area contributed by atoms with Crippen LogP contribution in [0.1, 0.15) is 78.4 Å². The van der Waals surface area contributed by atoms with E-state index in [0.717, 1.165) is 0 Å². The molecule has 0 aliphatic heterocycles. The summed E-state index contributed by atoms with van der Waals surface area (Å²) in [5.74, 6) is 0. The van der Waals surface area contributed by atoms with Crippen molar-refractivity contribution in [2.75, 3.05) is 0 Å². The molecule has 0 bridgehead atoms. The fourth-order valence-corrected chi connectivity index (χ4v) is 5.34. The molecular formula is C24H35P. The van der Waals surface area contributed by atoms with Gasteiger partial charge in [-0.2, -0.15) is 0 Å². The maximum absolute atomic E-state index is 3.10. The highest BCUT2D eigenvalue weighted by Crippen LogP contribution is 2.39. The van der Waals surface area contributed by atoms with E-state index in [1.54, 1.807) is 0 Å². The second-order valence-corrected chi connectivity index (χ2v) is 9.16. The second kappa shape index (κ2) is 8.05. The fraction of sp³-hybridized carbons (Fsp3) is 0.500. The van der Waals surface area contributed by atoms with E-state index in [1.807, 2.05) is 0 Å². The first-order valence-corrected chi connectivity index (χ1v) is 10.3. The van der Waals surface area contributed by atoms with E-state index in [0.29, 0.717) is 0 Å². The van der Waals surface area contributed by atoms with Crippen molar-refractivity contribution in [2.45, 2.75) is 78.1 Å². The zero-order chi connectivity index (χ0) is 18.7. The summed E-state index contributed by atoms with van der Waals surface area (Å²) >= 11 is 0. The van der Waals surface area contributed by atoms with E-state index in [-0.39, 0.29) is 10.8 Å². The Kier molecular flexibility index (Phi) is 6.50. The van der Waals surface area contributed by atoms with Gasteiger partial charge in [0.15, 0.2) is 0 Å². The van der Waals surface area contributed by atoms with Gasteiger partial charge in [-0.1, -0.05) is 96.8 Å². The second-order valence-electron chi connectivity index (χ2n) is 8.58. The first-order valence-electron chi connectivity index (χ1n) is 9.73. The van der Waals surface area contributed by atoms with Crippen molar-refractivity contribution in [1.29, 1.82) is 0 Å². The van der Waals surface area contributed by atoms with Crippen LogP contribution in [0, 0.1) is 0 Å². The van der Waals surface area contributed by atoms with Crippen LogP contribution in [0.2, 0.25) is 0 Å². The number of rotatable bonds is 7. The third-order valence-corrected chi connectivity index (χ3v) is 6.09. The third kappa shape index (κ3) is 4.35. The molecule has 0 nitrogen and oxygen atoms in total. The highest BCUT2D eigenvalue weighted by atomic mass is 31.0. The lowest BCUT2D eigenvalue weighted by molar-refractivity contribution is 0.464. The molecule has 2 aromatic rings. The van der Waals surface area contributed by atoms with Gasteiger partial charge in [-0.3, -0.25) is 0 Å². The Morgan fingerprint density at radius 2 is 1.32 bits per heavy atom. The Morgan fingerprint density at radius 1 is 0.760 bits per heavy atom. The van der Waals surface area contributed by atoms with E-state index in [4.69, 9.17) is 0 Å². The maximum Gasteiger partial charge on any atom is -0.00913 e. The Balaban J connectivity index is 2.73. The first kappa shape index (κ1) is 20.2. The van der Waals surface area contributed by atoms with Crippen LogP contribution in [0.5, 0.6) is 0 Å². The molecule has 136 valence electrons. The molecule has 0 spiro atoms. The lowest BCUT2D eigenvalue weighted by Crippen LogP contribution is -2.31. The van der Waals surface area contributed by atoms with Crippen LogP contribution < -0.4 is 5.30 Å². The molecule has 1 unspecified atom stereocenters. The Bertz CT molecular complexity index is 696. The normalized spacial score (nSPS) is 12.4. The highest BCUT2D eigenvalue weighted by Gasteiger charge is 2.30. The zero-order valence-electron chi connectivity index (χ0n) is 16.9. The Labute approximate surface area is 157 Å². The predicted octanol–water partition coefficient (Wildman–Crippen LogP) is 7.01. The van der Waals surface area contributed by atoms with Gasteiger partial charge in [-0.15, -0.1) is 9.24 Å². The fourth-order valence-electron chi connectivity index (χ4n) is 4.31. The summed E-state index contributed by atoms with van der Waals surface area (Å²) in [4.78, 5) is 0. The molecule has 0 fully saturated rings. The predicted molar refractivity (Wildman–Crippen MR) is 117 cm³/mol. The lowest BCUT2D eigenvalue weighted by atomic mass is 9.72. The highest BCUT2D eigenvalue weighted by molar-refractivity contribution is 7.27. The molecule has 0 aromatic heterocycles. The topological polar surface area (TPSA) is 0 Å². The van der Waals surface area contributed by atoms with Crippen LogP contribution in [-0.4, -0.2) is 0 Å². The molecule has 1 atom stereocenters. The van der Waals surface area contributed by atoms with Crippen molar-refractivity contribution >= 4 is 14.5 Å². The van der Waals surface area contributed by atoms with Gasteiger partial charge in [0, 0.05) is 0 Å². The van der Waals surface area contributed by atoms with Gasteiger partial charge in [-0.05, 0) is 51.2 Å². The molecule has 2 rings (SSSR count). The summed E-state index contributed by atoms with van der Waals surface area (Å²) in [6.45, 7) is 14.2. The largest absolute Gasteiger partial charge is 0.105 e. The standard InChI is InChI=1S/C24H35P/c1-7-16-23(3,4)20-15-14-19(18-12-10-9-11-13-18)21(22(20)25)24(5,6)17-8-2/h9-15H,7-8,16-17,25H2,1-6H3. The monoisotopic (exact) mass is 354 g/mol. The van der Waals surface area contributed by atoms with Crippen molar-refractivity contribution in [3.05, 3.63) is 53.6 Å². The molecular weight excluding hydrogens is 319 g/mol. The number of hydrogen-bond acceptors (Lipinski definition) is 0. The average molecular weight is 355 g/mol. The minimum Gasteiger partial charge on any atom is -0.105 e. The Morgan fingerprint density at radius 3 is 1.88 bits per heavy atom. The quantitative estimate of drug-likeness (QED) is 0.469. The zero-order valence-corrected chi connectivity index (χ0v) is 18.1. The molecule has 0 amide bonds. The van der Waals surface area contributed by atoms with Crippen LogP contribution in [0.25, 0.3) is 11.1 Å². The van der Waals surface area contributed by atoms with Crippen LogP contribution in [0.3, 0.4) is 0 Å². The molecule has 0 saturated carbocycles. The summed E-state index contributed by atoms with van der Waals surface area (Å²) in [5.41, 5.74) is 6.07. The summed E-state index contributed by atoms with van der Waals surface area (Å²) in [7, 11) is 3.10. The average Bonchev–Trinajstić information content (AvgIpc) is 2.54. The first-order chi connectivity index (χ1) is 11.7. The van der Waals surface area contributed by atoms with Crippen molar-refractivity contribution in [3.63, 3.8) is 0 Å². The van der Waals surface area contributed by atoms with Gasteiger partial charge in [0.05, 0.1) is 0 Å². The van der Waals surface area contributed by atoms with Gasteiger partial charge in [0.1, 0.15) is 0 Å². The molecule has 1 heteroatoms. The summed E-state index contributed by atoms with van der Waals surface area (Å²) in [5, 5.41) is 1.42. The van der Waals surface area contributed by atoms with Gasteiger partial charge >= 0.3 is 0 Å². The van der Waals surface area contributed by atoms with E-state index >= 15 is 0 Å². The SMILES string of the molecule is CCCC(C)(C)c1ccc(-c2ccccc2)c(C(C)(C)CCC)c1P. The molecule has 0 aliphatic rings. The van der Waals surface area contributed by atoms with Gasteiger partial charge in [0.25, 0.3) is 0 Å². The van der Waals surface area contributed by atoms with E-state index in [1.165, 1.54) is 53.2 Å². The van der Waals surface area contributed by atoms with E-state index < -0.39 is 0 Å². The van der Waals surface area contributed by atoms with Crippen LogP contribution in [0.15, 0.2) is 42.5 Å². The van der Waals surface area contributed by atoms with Gasteiger partial charge in [0.2, 0.25) is 0 Å². The van der Waals surface area contributed by atoms with Crippen LogP contribution in [0.4, 0.5) is 0 Å². The minimum atomic E-state index is 0.162. The molecule has 0 heterocycles.